The summed E-state index contributed by atoms with van der Waals surface area (Å²) in [6.45, 7) is 0. The molecule has 49 heavy (non-hydrogen) atoms. The number of hydrogen-bond donors (Lipinski definition) is 0. The van der Waals surface area contributed by atoms with Crippen LogP contribution in [0.2, 0.25) is 0 Å². The van der Waals surface area contributed by atoms with Crippen LogP contribution in [0.1, 0.15) is 34.1 Å². The molecule has 2 atom stereocenters. The molecular formula is C46H30O2Zr. The molecule has 0 N–H and O–H groups in total. The number of hydrogen-bond acceptors (Lipinski definition) is 2. The van der Waals surface area contributed by atoms with Gasteiger partial charge < -0.3 is 8.83 Å². The van der Waals surface area contributed by atoms with E-state index in [4.69, 9.17) is 8.83 Å². The number of fused-ring (bicyclic) bond motifs is 6. The standard InChI is InChI=1S/2C23H15O.Zr/c2*1-2-6-16(7-3-1)22-12-13-23(24-22)18-10-11-21-19(15-18)14-17-8-4-5-9-20(17)21;/h2*1-13,15,20H;/q2*-1;+2. The molecule has 0 aliphatic heterocycles. The fourth-order valence-corrected chi connectivity index (χ4v) is 6.86. The van der Waals surface area contributed by atoms with Crippen molar-refractivity contribution in [1.82, 2.24) is 0 Å². The molecule has 2 nitrogen and oxygen atoms in total. The molecule has 0 saturated heterocycles. The first-order chi connectivity index (χ1) is 23.8. The summed E-state index contributed by atoms with van der Waals surface area (Å²) < 4.78 is 12.1. The Morgan fingerprint density at radius 1 is 0.408 bits per heavy atom. The second kappa shape index (κ2) is 13.3. The Kier molecular flexibility index (Phi) is 8.46. The summed E-state index contributed by atoms with van der Waals surface area (Å²) >= 11 is 0. The maximum Gasteiger partial charge on any atom is 2.00 e. The van der Waals surface area contributed by atoms with Gasteiger partial charge in [0, 0.05) is 11.1 Å². The Morgan fingerprint density at radius 2 is 0.816 bits per heavy atom. The van der Waals surface area contributed by atoms with E-state index in [1.165, 1.54) is 33.4 Å². The Hall–Kier alpha value is -5.24. The van der Waals surface area contributed by atoms with Crippen molar-refractivity contribution in [3.63, 3.8) is 0 Å². The second-order valence-corrected chi connectivity index (χ2v) is 12.3. The first-order valence-corrected chi connectivity index (χ1v) is 16.3. The fraction of sp³-hybridized carbons (Fsp3) is 0.0435. The van der Waals surface area contributed by atoms with Gasteiger partial charge in [-0.05, 0) is 47.2 Å². The van der Waals surface area contributed by atoms with Crippen LogP contribution in [0.3, 0.4) is 0 Å². The van der Waals surface area contributed by atoms with Crippen molar-refractivity contribution < 1.29 is 35.0 Å². The second-order valence-electron chi connectivity index (χ2n) is 12.3. The largest absolute Gasteiger partial charge is 2.00 e. The SMILES string of the molecule is [C-]1=C2C=CC=CC2c2ccc(-c3ccc(-c4ccccc4)o3)cc21.[C-]1=C2C=CC=CC2c2ccc(-c3ccc(-c4ccccc4)o3)cc21.[Zr+2]. The summed E-state index contributed by atoms with van der Waals surface area (Å²) in [5.74, 6) is 4.29. The summed E-state index contributed by atoms with van der Waals surface area (Å²) in [5.41, 5.74) is 11.9. The van der Waals surface area contributed by atoms with Crippen molar-refractivity contribution in [1.29, 1.82) is 0 Å². The van der Waals surface area contributed by atoms with Crippen LogP contribution in [-0.2, 0) is 26.2 Å². The molecule has 0 amide bonds. The van der Waals surface area contributed by atoms with Crippen LogP contribution in [0, 0.1) is 12.2 Å². The molecule has 4 aliphatic carbocycles. The maximum atomic E-state index is 6.07. The Labute approximate surface area is 306 Å². The van der Waals surface area contributed by atoms with Gasteiger partial charge in [-0.3, -0.25) is 0 Å². The van der Waals surface area contributed by atoms with Gasteiger partial charge in [0.15, 0.2) is 0 Å². The molecule has 2 aromatic heterocycles. The van der Waals surface area contributed by atoms with Gasteiger partial charge in [0.2, 0.25) is 0 Å². The first-order valence-electron chi connectivity index (χ1n) is 16.3. The van der Waals surface area contributed by atoms with E-state index in [0.717, 1.165) is 45.3 Å². The predicted molar refractivity (Wildman–Crippen MR) is 193 cm³/mol. The van der Waals surface area contributed by atoms with Gasteiger partial charge in [-0.1, -0.05) is 109 Å². The molecule has 0 radical (unpaired) electrons. The Balaban J connectivity index is 0.000000139. The smallest absolute Gasteiger partial charge is 0.457 e. The van der Waals surface area contributed by atoms with Crippen molar-refractivity contribution in [2.75, 3.05) is 0 Å². The van der Waals surface area contributed by atoms with E-state index in [1.54, 1.807) is 0 Å². The molecule has 0 fully saturated rings. The maximum absolute atomic E-state index is 6.07. The number of benzene rings is 4. The van der Waals surface area contributed by atoms with E-state index in [2.05, 4.69) is 121 Å². The molecule has 4 aromatic carbocycles. The Bertz CT molecular complexity index is 2170. The van der Waals surface area contributed by atoms with Gasteiger partial charge in [-0.15, -0.1) is 82.0 Å². The molecule has 10 rings (SSSR count). The molecule has 0 saturated carbocycles. The monoisotopic (exact) mass is 704 g/mol. The number of allylic oxidation sites excluding steroid dienone is 10. The van der Waals surface area contributed by atoms with Gasteiger partial charge in [0.25, 0.3) is 0 Å². The van der Waals surface area contributed by atoms with E-state index in [0.29, 0.717) is 11.8 Å². The summed E-state index contributed by atoms with van der Waals surface area (Å²) in [7, 11) is 0. The van der Waals surface area contributed by atoms with Crippen LogP contribution < -0.4 is 0 Å². The molecule has 6 aromatic rings. The average Bonchev–Trinajstić information content (AvgIpc) is 3.97. The minimum Gasteiger partial charge on any atom is -0.457 e. The van der Waals surface area contributed by atoms with Crippen LogP contribution in [0.25, 0.3) is 45.3 Å². The summed E-state index contributed by atoms with van der Waals surface area (Å²) in [4.78, 5) is 0. The van der Waals surface area contributed by atoms with Gasteiger partial charge in [0.1, 0.15) is 23.0 Å². The van der Waals surface area contributed by atoms with Crippen LogP contribution in [0.5, 0.6) is 0 Å². The normalized spacial score (nSPS) is 17.1. The average molecular weight is 706 g/mol. The number of furan rings is 2. The fourth-order valence-electron chi connectivity index (χ4n) is 6.86. The van der Waals surface area contributed by atoms with Crippen LogP contribution >= 0.6 is 0 Å². The topological polar surface area (TPSA) is 26.3 Å². The van der Waals surface area contributed by atoms with E-state index in [9.17, 15) is 0 Å². The van der Waals surface area contributed by atoms with Gasteiger partial charge in [-0.25, -0.2) is 0 Å². The van der Waals surface area contributed by atoms with E-state index in [1.807, 2.05) is 60.7 Å². The molecule has 3 heteroatoms. The van der Waals surface area contributed by atoms with Crippen LogP contribution in [0.4, 0.5) is 0 Å². The van der Waals surface area contributed by atoms with E-state index >= 15 is 0 Å². The van der Waals surface area contributed by atoms with Gasteiger partial charge >= 0.3 is 26.2 Å². The molecule has 230 valence electrons. The predicted octanol–water partition coefficient (Wildman–Crippen LogP) is 11.8. The molecular weight excluding hydrogens is 676 g/mol. The number of rotatable bonds is 4. The third kappa shape index (κ3) is 6.01. The van der Waals surface area contributed by atoms with E-state index < -0.39 is 0 Å². The van der Waals surface area contributed by atoms with Crippen molar-refractivity contribution in [2.45, 2.75) is 11.8 Å². The molecule has 2 unspecified atom stereocenters. The molecule has 0 bridgehead atoms. The van der Waals surface area contributed by atoms with Crippen molar-refractivity contribution in [3.8, 4) is 45.3 Å². The third-order valence-corrected chi connectivity index (χ3v) is 9.28. The minimum atomic E-state index is 0. The van der Waals surface area contributed by atoms with Crippen LogP contribution in [-0.4, -0.2) is 0 Å². The van der Waals surface area contributed by atoms with Crippen molar-refractivity contribution in [2.24, 2.45) is 0 Å². The zero-order valence-corrected chi connectivity index (χ0v) is 29.1. The molecule has 2 heterocycles. The first kappa shape index (κ1) is 31.1. The van der Waals surface area contributed by atoms with Gasteiger partial charge in [-0.2, -0.15) is 0 Å². The zero-order chi connectivity index (χ0) is 31.9. The van der Waals surface area contributed by atoms with Crippen molar-refractivity contribution >= 4 is 0 Å². The van der Waals surface area contributed by atoms with Gasteiger partial charge in [0.05, 0.1) is 0 Å². The minimum absolute atomic E-state index is 0. The summed E-state index contributed by atoms with van der Waals surface area (Å²) in [6, 6.07) is 41.6. The van der Waals surface area contributed by atoms with Crippen molar-refractivity contribution in [3.05, 3.63) is 215 Å². The Morgan fingerprint density at radius 3 is 1.24 bits per heavy atom. The summed E-state index contributed by atoms with van der Waals surface area (Å²) in [5, 5.41) is 0. The zero-order valence-electron chi connectivity index (χ0n) is 26.6. The quantitative estimate of drug-likeness (QED) is 0.171. The van der Waals surface area contributed by atoms with E-state index in [-0.39, 0.29) is 26.2 Å². The molecule has 0 spiro atoms. The molecule has 4 aliphatic rings. The van der Waals surface area contributed by atoms with Crippen LogP contribution in [0.15, 0.2) is 190 Å². The third-order valence-electron chi connectivity index (χ3n) is 9.28. The summed E-state index contributed by atoms with van der Waals surface area (Å²) in [6.07, 6.45) is 24.2.